The molecule has 0 amide bonds. The summed E-state index contributed by atoms with van der Waals surface area (Å²) in [5, 5.41) is 6.50. The van der Waals surface area contributed by atoms with Crippen LogP contribution in [-0.2, 0) is 6.42 Å². The minimum Gasteiger partial charge on any atom is -0.149 e. The number of thiophene rings is 1. The molecule has 2 heteroatoms. The van der Waals surface area contributed by atoms with Crippen molar-refractivity contribution in [1.29, 1.82) is 0 Å². The molecule has 0 bridgehead atoms. The first kappa shape index (κ1) is 20.9. The third-order valence-electron chi connectivity index (χ3n) is 6.12. The molecule has 0 aliphatic carbocycles. The smallest absolute Gasteiger partial charge is 0.119 e. The van der Waals surface area contributed by atoms with Gasteiger partial charge in [0.1, 0.15) is 28.8 Å². The summed E-state index contributed by atoms with van der Waals surface area (Å²) in [7, 11) is -2.02. The summed E-state index contributed by atoms with van der Waals surface area (Å²) in [4.78, 5) is 1.44. The summed E-state index contributed by atoms with van der Waals surface area (Å²) in [6.07, 6.45) is 1.02. The summed E-state index contributed by atoms with van der Waals surface area (Å²) in [6, 6.07) is 49.3. The fourth-order valence-electron chi connectivity index (χ4n) is 4.75. The van der Waals surface area contributed by atoms with Gasteiger partial charge in [-0.1, -0.05) is 91.0 Å². The molecule has 0 spiro atoms. The van der Waals surface area contributed by atoms with E-state index in [2.05, 4.69) is 139 Å². The predicted octanol–water partition coefficient (Wildman–Crippen LogP) is 7.03. The summed E-state index contributed by atoms with van der Waals surface area (Å²) >= 11 is 1.87. The van der Waals surface area contributed by atoms with Crippen molar-refractivity contribution >= 4 is 34.5 Å². The Balaban J connectivity index is 1.86. The van der Waals surface area contributed by atoms with E-state index in [1.54, 1.807) is 0 Å². The van der Waals surface area contributed by atoms with Crippen LogP contribution in [0.2, 0.25) is 0 Å². The first-order chi connectivity index (χ1) is 15.9. The van der Waals surface area contributed by atoms with Crippen molar-refractivity contribution in [3.05, 3.63) is 149 Å². The zero-order chi connectivity index (χ0) is 21.6. The Morgan fingerprint density at radius 1 is 0.500 bits per heavy atom. The molecule has 1 aromatic heterocycles. The van der Waals surface area contributed by atoms with Gasteiger partial charge < -0.3 is 0 Å². The van der Waals surface area contributed by atoms with Crippen molar-refractivity contribution in [2.45, 2.75) is 12.1 Å². The number of hydrogen-bond donors (Lipinski definition) is 0. The second kappa shape index (κ2) is 9.65. The van der Waals surface area contributed by atoms with E-state index in [1.165, 1.54) is 26.4 Å². The summed E-state index contributed by atoms with van der Waals surface area (Å²) in [6.45, 7) is 0. The minimum absolute atomic E-state index is 0.342. The molecule has 5 rings (SSSR count). The number of rotatable bonds is 7. The average molecular weight is 450 g/mol. The highest BCUT2D eigenvalue weighted by molar-refractivity contribution is 7.96. The largest absolute Gasteiger partial charge is 0.149 e. The molecule has 0 saturated carbocycles. The summed E-state index contributed by atoms with van der Waals surface area (Å²) < 4.78 is 0. The van der Waals surface area contributed by atoms with E-state index < -0.39 is 7.26 Å². The second-order valence-corrected chi connectivity index (χ2v) is 12.6. The molecule has 1 heterocycles. The lowest BCUT2D eigenvalue weighted by molar-refractivity contribution is 0.935. The van der Waals surface area contributed by atoms with Gasteiger partial charge in [-0.25, -0.2) is 0 Å². The maximum atomic E-state index is 2.35. The van der Waals surface area contributed by atoms with E-state index in [0.29, 0.717) is 5.66 Å². The normalized spacial score (nSPS) is 12.4. The van der Waals surface area contributed by atoms with Crippen LogP contribution in [0.1, 0.15) is 16.1 Å². The topological polar surface area (TPSA) is 0 Å². The molecule has 0 radical (unpaired) electrons. The van der Waals surface area contributed by atoms with Crippen LogP contribution >= 0.6 is 18.6 Å². The van der Waals surface area contributed by atoms with Gasteiger partial charge in [-0.2, -0.15) is 0 Å². The van der Waals surface area contributed by atoms with Gasteiger partial charge in [0.25, 0.3) is 0 Å². The Labute approximate surface area is 195 Å². The van der Waals surface area contributed by atoms with E-state index in [-0.39, 0.29) is 0 Å². The van der Waals surface area contributed by atoms with Gasteiger partial charge in [-0.15, -0.1) is 11.3 Å². The van der Waals surface area contributed by atoms with Gasteiger partial charge in [-0.3, -0.25) is 0 Å². The van der Waals surface area contributed by atoms with Gasteiger partial charge in [0.15, 0.2) is 0 Å². The van der Waals surface area contributed by atoms with Gasteiger partial charge in [0.05, 0.1) is 0 Å². The molecule has 0 saturated heterocycles. The maximum Gasteiger partial charge on any atom is 0.119 e. The van der Waals surface area contributed by atoms with Crippen LogP contribution in [0.4, 0.5) is 0 Å². The van der Waals surface area contributed by atoms with Crippen LogP contribution in [0.5, 0.6) is 0 Å². The third-order valence-corrected chi connectivity index (χ3v) is 11.8. The van der Waals surface area contributed by atoms with Crippen LogP contribution < -0.4 is 15.9 Å². The van der Waals surface area contributed by atoms with Crippen LogP contribution in [0.15, 0.2) is 139 Å². The molecular weight excluding hydrogens is 423 g/mol. The standard InChI is InChI=1S/C30H26PS/c1-5-14-25(15-6-1)30(24-29-22-13-23-32-29)31(26-16-7-2-8-17-26,27-18-9-3-10-19-27)28-20-11-4-12-21-28/h1-23,30H,24H2/q+1. The molecule has 0 fully saturated rings. The van der Waals surface area contributed by atoms with E-state index in [0.717, 1.165) is 6.42 Å². The number of hydrogen-bond acceptors (Lipinski definition) is 1. The summed E-state index contributed by atoms with van der Waals surface area (Å²) in [5.74, 6) is 0. The van der Waals surface area contributed by atoms with Crippen LogP contribution in [0.25, 0.3) is 0 Å². The quantitative estimate of drug-likeness (QED) is 0.234. The van der Waals surface area contributed by atoms with Crippen molar-refractivity contribution < 1.29 is 0 Å². The third kappa shape index (κ3) is 3.95. The van der Waals surface area contributed by atoms with Crippen LogP contribution in [0, 0.1) is 0 Å². The van der Waals surface area contributed by atoms with Crippen molar-refractivity contribution in [1.82, 2.24) is 0 Å². The van der Waals surface area contributed by atoms with E-state index in [4.69, 9.17) is 0 Å². The molecular formula is C30H26PS+. The average Bonchev–Trinajstić information content (AvgIpc) is 3.40. The van der Waals surface area contributed by atoms with E-state index in [9.17, 15) is 0 Å². The minimum atomic E-state index is -2.02. The van der Waals surface area contributed by atoms with Crippen LogP contribution in [0.3, 0.4) is 0 Å². The van der Waals surface area contributed by atoms with Crippen LogP contribution in [-0.4, -0.2) is 0 Å². The Hall–Kier alpha value is -2.99. The molecule has 32 heavy (non-hydrogen) atoms. The predicted molar refractivity (Wildman–Crippen MR) is 142 cm³/mol. The van der Waals surface area contributed by atoms with Gasteiger partial charge in [0.2, 0.25) is 0 Å². The lowest BCUT2D eigenvalue weighted by Crippen LogP contribution is -2.36. The Kier molecular flexibility index (Phi) is 6.30. The molecule has 0 N–H and O–H groups in total. The maximum absolute atomic E-state index is 2.35. The highest BCUT2D eigenvalue weighted by Gasteiger charge is 2.52. The van der Waals surface area contributed by atoms with Crippen molar-refractivity contribution in [3.8, 4) is 0 Å². The van der Waals surface area contributed by atoms with Crippen molar-refractivity contribution in [3.63, 3.8) is 0 Å². The van der Waals surface area contributed by atoms with E-state index >= 15 is 0 Å². The van der Waals surface area contributed by atoms with E-state index in [1.807, 2.05) is 11.3 Å². The lowest BCUT2D eigenvalue weighted by atomic mass is 10.1. The molecule has 1 atom stereocenters. The zero-order valence-electron chi connectivity index (χ0n) is 17.9. The molecule has 0 aliphatic heterocycles. The number of benzene rings is 4. The second-order valence-electron chi connectivity index (χ2n) is 7.94. The molecule has 0 aliphatic rings. The van der Waals surface area contributed by atoms with Gasteiger partial charge in [0, 0.05) is 11.3 Å². The Morgan fingerprint density at radius 2 is 0.938 bits per heavy atom. The highest BCUT2D eigenvalue weighted by Crippen LogP contribution is 2.67. The molecule has 4 aromatic carbocycles. The fourth-order valence-corrected chi connectivity index (χ4v) is 10.6. The van der Waals surface area contributed by atoms with Gasteiger partial charge in [-0.05, 0) is 53.4 Å². The first-order valence-electron chi connectivity index (χ1n) is 11.0. The first-order valence-corrected chi connectivity index (χ1v) is 13.8. The van der Waals surface area contributed by atoms with Crippen molar-refractivity contribution in [2.75, 3.05) is 0 Å². The Bertz CT molecular complexity index is 1120. The molecule has 1 unspecified atom stereocenters. The monoisotopic (exact) mass is 449 g/mol. The molecule has 156 valence electrons. The van der Waals surface area contributed by atoms with Gasteiger partial charge >= 0.3 is 0 Å². The zero-order valence-corrected chi connectivity index (χ0v) is 19.6. The lowest BCUT2D eigenvalue weighted by Gasteiger charge is -2.35. The molecule has 5 aromatic rings. The fraction of sp³-hybridized carbons (Fsp3) is 0.0667. The molecule has 0 nitrogen and oxygen atoms in total. The SMILES string of the molecule is c1ccc(C(Cc2cccs2)[P+](c2ccccc2)(c2ccccc2)c2ccccc2)cc1. The highest BCUT2D eigenvalue weighted by atomic mass is 32.1. The Morgan fingerprint density at radius 3 is 1.34 bits per heavy atom. The van der Waals surface area contributed by atoms with Crippen molar-refractivity contribution in [2.24, 2.45) is 0 Å². The summed E-state index contributed by atoms with van der Waals surface area (Å²) in [5.41, 5.74) is 1.75.